The molecule has 0 bridgehead atoms. The van der Waals surface area contributed by atoms with Crippen LogP contribution in [0.1, 0.15) is 25.3 Å². The summed E-state index contributed by atoms with van der Waals surface area (Å²) in [5.41, 5.74) is 0.538. The minimum Gasteiger partial charge on any atom is -0.550 e. The molecule has 1 saturated heterocycles. The molecule has 1 aromatic carbocycles. The Morgan fingerprint density at radius 3 is 2.70 bits per heavy atom. The van der Waals surface area contributed by atoms with E-state index in [1.165, 1.54) is 18.2 Å². The quantitative estimate of drug-likeness (QED) is 0.452. The van der Waals surface area contributed by atoms with Crippen LogP contribution in [0.3, 0.4) is 0 Å². The van der Waals surface area contributed by atoms with Gasteiger partial charge in [0.15, 0.2) is 11.5 Å². The Labute approximate surface area is 164 Å². The fourth-order valence-electron chi connectivity index (χ4n) is 2.40. The Balaban J connectivity index is 2.28. The van der Waals surface area contributed by atoms with Gasteiger partial charge in [-0.3, -0.25) is 9.69 Å². The van der Waals surface area contributed by atoms with Gasteiger partial charge in [0.05, 0.1) is 23.5 Å². The van der Waals surface area contributed by atoms with Crippen LogP contribution < -0.4 is 14.9 Å². The molecule has 0 saturated carbocycles. The zero-order valence-corrected chi connectivity index (χ0v) is 15.8. The molecule has 1 aliphatic rings. The average molecular weight is 409 g/mol. The number of phenolic OH excluding ortho intramolecular Hbond substituents is 1. The van der Waals surface area contributed by atoms with Gasteiger partial charge in [0, 0.05) is 5.97 Å². The summed E-state index contributed by atoms with van der Waals surface area (Å²) in [6.45, 7) is 2.09. The van der Waals surface area contributed by atoms with E-state index in [4.69, 9.17) is 17.0 Å². The van der Waals surface area contributed by atoms with E-state index in [1.54, 1.807) is 13.0 Å². The summed E-state index contributed by atoms with van der Waals surface area (Å²) in [6.07, 6.45) is 0.550. The Bertz CT molecular complexity index is 821. The van der Waals surface area contributed by atoms with E-state index < -0.39 is 30.3 Å². The van der Waals surface area contributed by atoms with Gasteiger partial charge in [-0.1, -0.05) is 30.0 Å². The number of thioether (sulfide) groups is 1. The number of phenols is 1. The lowest BCUT2D eigenvalue weighted by Crippen LogP contribution is -2.50. The number of hydrogen-bond acceptors (Lipinski definition) is 9. The van der Waals surface area contributed by atoms with Crippen LogP contribution in [-0.2, 0) is 14.4 Å². The van der Waals surface area contributed by atoms with E-state index in [0.717, 1.165) is 16.7 Å². The predicted molar refractivity (Wildman–Crippen MR) is 97.3 cm³/mol. The van der Waals surface area contributed by atoms with Gasteiger partial charge in [-0.15, -0.1) is 0 Å². The number of aromatic hydroxyl groups is 1. The monoisotopic (exact) mass is 409 g/mol. The third-order valence-corrected chi connectivity index (χ3v) is 4.94. The first-order valence-electron chi connectivity index (χ1n) is 7.88. The fraction of sp³-hybridized carbons (Fsp3) is 0.294. The molecule has 8 nitrogen and oxygen atoms in total. The number of thiocarbonyl (C=S) groups is 1. The van der Waals surface area contributed by atoms with Gasteiger partial charge in [-0.05, 0) is 43.5 Å². The molecule has 1 fully saturated rings. The van der Waals surface area contributed by atoms with E-state index >= 15 is 0 Å². The molecule has 1 atom stereocenters. The maximum absolute atomic E-state index is 12.6. The molecule has 1 aromatic rings. The molecule has 1 aliphatic heterocycles. The van der Waals surface area contributed by atoms with Gasteiger partial charge < -0.3 is 29.6 Å². The molecule has 1 amide bonds. The van der Waals surface area contributed by atoms with Gasteiger partial charge >= 0.3 is 0 Å². The summed E-state index contributed by atoms with van der Waals surface area (Å²) in [7, 11) is 0. The van der Waals surface area contributed by atoms with Crippen molar-refractivity contribution in [3.8, 4) is 11.5 Å². The minimum atomic E-state index is -1.60. The second-order valence-corrected chi connectivity index (χ2v) is 7.13. The SMILES string of the molecule is CCOc1cc(/C=C2\SC(=S)N([C@H](CCC(=O)[O-])C(=O)[O-])C2=O)ccc1O. The number of nitrogens with zero attached hydrogens (tertiary/aromatic N) is 1. The van der Waals surface area contributed by atoms with Gasteiger partial charge in [-0.25, -0.2) is 0 Å². The zero-order valence-electron chi connectivity index (χ0n) is 14.2. The average Bonchev–Trinajstić information content (AvgIpc) is 2.85. The second-order valence-electron chi connectivity index (χ2n) is 5.46. The van der Waals surface area contributed by atoms with Crippen molar-refractivity contribution in [1.29, 1.82) is 0 Å². The van der Waals surface area contributed by atoms with Crippen molar-refractivity contribution >= 4 is 52.2 Å². The topological polar surface area (TPSA) is 130 Å². The summed E-state index contributed by atoms with van der Waals surface area (Å²) < 4.78 is 5.27. The first kappa shape index (κ1) is 20.7. The van der Waals surface area contributed by atoms with Crippen molar-refractivity contribution in [2.45, 2.75) is 25.8 Å². The highest BCUT2D eigenvalue weighted by Gasteiger charge is 2.37. The first-order valence-corrected chi connectivity index (χ1v) is 9.10. The number of aliphatic carboxylic acids is 2. The molecule has 1 N–H and O–H groups in total. The van der Waals surface area contributed by atoms with Crippen LogP contribution in [0.15, 0.2) is 23.1 Å². The number of carbonyl (C=O) groups excluding carboxylic acids is 3. The molecule has 10 heteroatoms. The first-order chi connectivity index (χ1) is 12.7. The number of carbonyl (C=O) groups is 3. The largest absolute Gasteiger partial charge is 0.550 e. The van der Waals surface area contributed by atoms with Gasteiger partial charge in [0.1, 0.15) is 4.32 Å². The molecule has 144 valence electrons. The molecule has 0 aromatic heterocycles. The van der Waals surface area contributed by atoms with Crippen LogP contribution in [0, 0.1) is 0 Å². The Morgan fingerprint density at radius 1 is 1.41 bits per heavy atom. The van der Waals surface area contributed by atoms with Gasteiger partial charge in [0.2, 0.25) is 0 Å². The van der Waals surface area contributed by atoms with Gasteiger partial charge in [-0.2, -0.15) is 0 Å². The number of ether oxygens (including phenoxy) is 1. The van der Waals surface area contributed by atoms with Crippen molar-refractivity contribution in [2.75, 3.05) is 6.61 Å². The van der Waals surface area contributed by atoms with Crippen LogP contribution in [0.2, 0.25) is 0 Å². The van der Waals surface area contributed by atoms with E-state index in [0.29, 0.717) is 12.2 Å². The highest BCUT2D eigenvalue weighted by Crippen LogP contribution is 2.36. The highest BCUT2D eigenvalue weighted by molar-refractivity contribution is 8.26. The summed E-state index contributed by atoms with van der Waals surface area (Å²) in [4.78, 5) is 35.6. The fourth-order valence-corrected chi connectivity index (χ4v) is 3.76. The van der Waals surface area contributed by atoms with Crippen molar-refractivity contribution in [1.82, 2.24) is 4.90 Å². The summed E-state index contributed by atoms with van der Waals surface area (Å²) in [5.74, 6) is -3.51. The lowest BCUT2D eigenvalue weighted by atomic mass is 10.1. The maximum atomic E-state index is 12.6. The summed E-state index contributed by atoms with van der Waals surface area (Å²) in [5, 5.41) is 31.7. The van der Waals surface area contributed by atoms with Crippen molar-refractivity contribution in [3.05, 3.63) is 28.7 Å². The lowest BCUT2D eigenvalue weighted by Gasteiger charge is -2.27. The van der Waals surface area contributed by atoms with Crippen LogP contribution in [-0.4, -0.2) is 44.8 Å². The van der Waals surface area contributed by atoms with Crippen molar-refractivity contribution < 1.29 is 34.4 Å². The van der Waals surface area contributed by atoms with Crippen molar-refractivity contribution in [3.63, 3.8) is 0 Å². The minimum absolute atomic E-state index is 0.0115. The summed E-state index contributed by atoms with van der Waals surface area (Å²) >= 11 is 5.97. The van der Waals surface area contributed by atoms with E-state index in [-0.39, 0.29) is 27.1 Å². The molecule has 0 unspecified atom stereocenters. The number of benzene rings is 1. The number of amides is 1. The van der Waals surface area contributed by atoms with Crippen LogP contribution in [0.25, 0.3) is 6.08 Å². The standard InChI is InChI=1S/C17H17NO7S2/c1-2-25-12-7-9(3-5-11(12)19)8-13-15(22)18(17(26)27-13)10(16(23)24)4-6-14(20)21/h3,5,7-8,10,19H,2,4,6H2,1H3,(H,20,21)(H,23,24)/p-2/b13-8-/t10-/m1/s1. The molecular formula is C17H15NO7S2-2. The highest BCUT2D eigenvalue weighted by atomic mass is 32.2. The van der Waals surface area contributed by atoms with Crippen molar-refractivity contribution in [2.24, 2.45) is 0 Å². The number of carboxylic acid groups (broad SMARTS) is 2. The lowest BCUT2D eigenvalue weighted by molar-refractivity contribution is -0.311. The molecule has 0 radical (unpaired) electrons. The van der Waals surface area contributed by atoms with Gasteiger partial charge in [0.25, 0.3) is 5.91 Å². The smallest absolute Gasteiger partial charge is 0.266 e. The van der Waals surface area contributed by atoms with E-state index in [9.17, 15) is 29.7 Å². The molecule has 2 rings (SSSR count). The van der Waals surface area contributed by atoms with Crippen LogP contribution in [0.5, 0.6) is 11.5 Å². The maximum Gasteiger partial charge on any atom is 0.266 e. The van der Waals surface area contributed by atoms with Crippen LogP contribution >= 0.6 is 24.0 Å². The Morgan fingerprint density at radius 2 is 2.11 bits per heavy atom. The predicted octanol–water partition coefficient (Wildman–Crippen LogP) is -0.359. The second kappa shape index (κ2) is 8.87. The third kappa shape index (κ3) is 4.98. The van der Waals surface area contributed by atoms with E-state index in [1.807, 2.05) is 0 Å². The number of hydrogen-bond donors (Lipinski definition) is 1. The normalized spacial score (nSPS) is 16.6. The Kier molecular flexibility index (Phi) is 6.81. The molecule has 0 spiro atoms. The number of rotatable bonds is 8. The van der Waals surface area contributed by atoms with E-state index in [2.05, 4.69) is 0 Å². The molecule has 1 heterocycles. The molecular weight excluding hydrogens is 394 g/mol. The number of carboxylic acids is 2. The summed E-state index contributed by atoms with van der Waals surface area (Å²) in [6, 6.07) is 2.98. The van der Waals surface area contributed by atoms with Crippen LogP contribution in [0.4, 0.5) is 0 Å². The molecule has 27 heavy (non-hydrogen) atoms. The third-order valence-electron chi connectivity index (χ3n) is 3.61. The Hall–Kier alpha value is -2.59. The molecule has 0 aliphatic carbocycles. The zero-order chi connectivity index (χ0) is 20.1.